The molecule has 0 saturated heterocycles. The smallest absolute Gasteiger partial charge is 0.160 e. The average Bonchev–Trinajstić information content (AvgIpc) is 3.02. The maximum atomic E-state index is 5.16. The summed E-state index contributed by atoms with van der Waals surface area (Å²) in [5, 5.41) is 0. The zero-order chi connectivity index (χ0) is 26.9. The summed E-state index contributed by atoms with van der Waals surface area (Å²) >= 11 is 0. The first-order chi connectivity index (χ1) is 19.2. The monoisotopic (exact) mass is 504 g/mol. The molecule has 5 aromatic rings. The Labute approximate surface area is 231 Å². The fourth-order valence-electron chi connectivity index (χ4n) is 4.55. The number of hydrogen-bond acceptors (Lipinski definition) is 1. The van der Waals surface area contributed by atoms with Crippen LogP contribution < -0.4 is 0 Å². The zero-order valence-corrected chi connectivity index (χ0v) is 22.5. The molecule has 0 radical (unpaired) electrons. The van der Waals surface area contributed by atoms with Crippen LogP contribution in [-0.4, -0.2) is 11.5 Å². The van der Waals surface area contributed by atoms with Gasteiger partial charge in [-0.05, 0) is 53.3 Å². The standard InChI is InChI=1S/C37H32N2/c1-3-15-36(39-37(31-20-11-6-12-21-31)38-28(2)29-16-7-4-8-17-29)35-25-14-24-34(27-35)33-23-13-22-32(26-33)30-18-9-5-10-19-30/h4-27H,3H2,1-2H3/b36-15+,38-28?,39-37?. The van der Waals surface area contributed by atoms with E-state index in [0.29, 0.717) is 5.84 Å². The highest BCUT2D eigenvalue weighted by atomic mass is 14.9. The normalized spacial score (nSPS) is 12.4. The van der Waals surface area contributed by atoms with Gasteiger partial charge in [-0.25, -0.2) is 9.98 Å². The van der Waals surface area contributed by atoms with Crippen LogP contribution in [0.3, 0.4) is 0 Å². The predicted octanol–water partition coefficient (Wildman–Crippen LogP) is 9.73. The van der Waals surface area contributed by atoms with Crippen molar-refractivity contribution in [2.24, 2.45) is 9.98 Å². The fraction of sp³-hybridized carbons (Fsp3) is 0.0811. The molecule has 0 N–H and O–H groups in total. The second-order valence-electron chi connectivity index (χ2n) is 9.39. The first kappa shape index (κ1) is 25.8. The molecule has 0 unspecified atom stereocenters. The van der Waals surface area contributed by atoms with Crippen molar-refractivity contribution in [2.75, 3.05) is 0 Å². The van der Waals surface area contributed by atoms with Crippen molar-refractivity contribution in [1.82, 2.24) is 0 Å². The molecule has 0 aliphatic carbocycles. The Morgan fingerprint density at radius 2 is 1.00 bits per heavy atom. The number of allylic oxidation sites excluding steroid dienone is 1. The van der Waals surface area contributed by atoms with Crippen LogP contribution in [0.15, 0.2) is 156 Å². The molecule has 0 amide bonds. The first-order valence-electron chi connectivity index (χ1n) is 13.4. The quantitative estimate of drug-likeness (QED) is 0.156. The van der Waals surface area contributed by atoms with E-state index < -0.39 is 0 Å². The van der Waals surface area contributed by atoms with Crippen LogP contribution in [0.25, 0.3) is 28.0 Å². The highest BCUT2D eigenvalue weighted by Gasteiger charge is 2.09. The number of nitrogens with zero attached hydrogens (tertiary/aromatic N) is 2. The average molecular weight is 505 g/mol. The van der Waals surface area contributed by atoms with E-state index in [0.717, 1.165) is 40.1 Å². The molecule has 0 spiro atoms. The molecule has 0 fully saturated rings. The maximum absolute atomic E-state index is 5.16. The highest BCUT2D eigenvalue weighted by Crippen LogP contribution is 2.29. The SMILES string of the molecule is CC/C=C(/N=C(N=C(C)c1ccccc1)c1ccccc1)c1cccc(-c2cccc(-c3ccccc3)c2)c1. The molecule has 2 nitrogen and oxygen atoms in total. The Morgan fingerprint density at radius 3 is 1.64 bits per heavy atom. The Hall–Kier alpha value is -4.82. The van der Waals surface area contributed by atoms with Crippen molar-refractivity contribution >= 4 is 17.2 Å². The predicted molar refractivity (Wildman–Crippen MR) is 167 cm³/mol. The zero-order valence-electron chi connectivity index (χ0n) is 22.5. The van der Waals surface area contributed by atoms with Crippen LogP contribution in [0.1, 0.15) is 37.0 Å². The molecule has 0 heterocycles. The minimum absolute atomic E-state index is 0.702. The number of amidine groups is 1. The van der Waals surface area contributed by atoms with Gasteiger partial charge in [0.25, 0.3) is 0 Å². The van der Waals surface area contributed by atoms with Crippen LogP contribution >= 0.6 is 0 Å². The highest BCUT2D eigenvalue weighted by molar-refractivity contribution is 6.12. The van der Waals surface area contributed by atoms with E-state index in [1.807, 2.05) is 49.4 Å². The van der Waals surface area contributed by atoms with Gasteiger partial charge in [0.1, 0.15) is 0 Å². The van der Waals surface area contributed by atoms with E-state index in [9.17, 15) is 0 Å². The molecular formula is C37H32N2. The topological polar surface area (TPSA) is 24.7 Å². The Bertz CT molecular complexity index is 1610. The van der Waals surface area contributed by atoms with E-state index in [1.54, 1.807) is 0 Å². The van der Waals surface area contributed by atoms with Crippen molar-refractivity contribution in [3.63, 3.8) is 0 Å². The van der Waals surface area contributed by atoms with Gasteiger partial charge in [0.2, 0.25) is 0 Å². The molecule has 0 aliphatic heterocycles. The lowest BCUT2D eigenvalue weighted by atomic mass is 9.97. The summed E-state index contributed by atoms with van der Waals surface area (Å²) in [5.74, 6) is 0.702. The number of rotatable bonds is 7. The van der Waals surface area contributed by atoms with Gasteiger partial charge in [-0.2, -0.15) is 0 Å². The van der Waals surface area contributed by atoms with E-state index in [1.165, 1.54) is 16.7 Å². The van der Waals surface area contributed by atoms with Crippen LogP contribution in [0.5, 0.6) is 0 Å². The molecule has 5 rings (SSSR count). The van der Waals surface area contributed by atoms with Gasteiger partial charge < -0.3 is 0 Å². The molecule has 0 atom stereocenters. The molecule has 0 aromatic heterocycles. The molecule has 190 valence electrons. The minimum atomic E-state index is 0.702. The largest absolute Gasteiger partial charge is 0.233 e. The van der Waals surface area contributed by atoms with Crippen LogP contribution in [0, 0.1) is 0 Å². The van der Waals surface area contributed by atoms with Gasteiger partial charge >= 0.3 is 0 Å². The fourth-order valence-corrected chi connectivity index (χ4v) is 4.55. The van der Waals surface area contributed by atoms with Crippen LogP contribution in [-0.2, 0) is 0 Å². The van der Waals surface area contributed by atoms with E-state index in [-0.39, 0.29) is 0 Å². The molecule has 5 aromatic carbocycles. The minimum Gasteiger partial charge on any atom is -0.233 e. The van der Waals surface area contributed by atoms with Crippen molar-refractivity contribution < 1.29 is 0 Å². The summed E-state index contributed by atoms with van der Waals surface area (Å²) in [6.45, 7) is 4.18. The molecule has 0 aliphatic rings. The van der Waals surface area contributed by atoms with Gasteiger partial charge in [0.15, 0.2) is 5.84 Å². The van der Waals surface area contributed by atoms with E-state index in [2.05, 4.69) is 110 Å². The van der Waals surface area contributed by atoms with Crippen LogP contribution in [0.4, 0.5) is 0 Å². The van der Waals surface area contributed by atoms with Crippen LogP contribution in [0.2, 0.25) is 0 Å². The second-order valence-corrected chi connectivity index (χ2v) is 9.39. The Balaban J connectivity index is 1.56. The third-order valence-electron chi connectivity index (χ3n) is 6.58. The molecule has 2 heteroatoms. The van der Waals surface area contributed by atoms with Crippen molar-refractivity contribution in [2.45, 2.75) is 20.3 Å². The lowest BCUT2D eigenvalue weighted by Crippen LogP contribution is -2.04. The molecule has 0 bridgehead atoms. The van der Waals surface area contributed by atoms with Crippen molar-refractivity contribution in [3.05, 3.63) is 162 Å². The third kappa shape index (κ3) is 6.55. The summed E-state index contributed by atoms with van der Waals surface area (Å²) in [4.78, 5) is 10.2. The van der Waals surface area contributed by atoms with Crippen molar-refractivity contribution in [1.29, 1.82) is 0 Å². The van der Waals surface area contributed by atoms with Gasteiger partial charge in [-0.15, -0.1) is 0 Å². The molecular weight excluding hydrogens is 472 g/mol. The Kier molecular flexibility index (Phi) is 8.35. The van der Waals surface area contributed by atoms with Gasteiger partial charge in [-0.1, -0.05) is 140 Å². The van der Waals surface area contributed by atoms with Crippen molar-refractivity contribution in [3.8, 4) is 22.3 Å². The number of hydrogen-bond donors (Lipinski definition) is 0. The van der Waals surface area contributed by atoms with Gasteiger partial charge in [0, 0.05) is 16.8 Å². The lowest BCUT2D eigenvalue weighted by molar-refractivity contribution is 1.21. The molecule has 0 saturated carbocycles. The van der Waals surface area contributed by atoms with E-state index >= 15 is 0 Å². The first-order valence-corrected chi connectivity index (χ1v) is 13.4. The Morgan fingerprint density at radius 1 is 0.513 bits per heavy atom. The summed E-state index contributed by atoms with van der Waals surface area (Å²) in [7, 11) is 0. The van der Waals surface area contributed by atoms with Gasteiger partial charge in [-0.3, -0.25) is 0 Å². The molecule has 39 heavy (non-hydrogen) atoms. The lowest BCUT2D eigenvalue weighted by Gasteiger charge is -2.11. The third-order valence-corrected chi connectivity index (χ3v) is 6.58. The maximum Gasteiger partial charge on any atom is 0.160 e. The summed E-state index contributed by atoms with van der Waals surface area (Å²) in [5.41, 5.74) is 9.75. The summed E-state index contributed by atoms with van der Waals surface area (Å²) in [6.07, 6.45) is 3.05. The van der Waals surface area contributed by atoms with E-state index in [4.69, 9.17) is 9.98 Å². The summed E-state index contributed by atoms with van der Waals surface area (Å²) < 4.78 is 0. The second kappa shape index (κ2) is 12.6. The number of aliphatic imine (C=N–C) groups is 2. The number of benzene rings is 5. The summed E-state index contributed by atoms with van der Waals surface area (Å²) in [6, 6.07) is 48.3. The van der Waals surface area contributed by atoms with Gasteiger partial charge in [0.05, 0.1) is 5.70 Å².